The summed E-state index contributed by atoms with van der Waals surface area (Å²) >= 11 is 5.97. The molecule has 1 heterocycles. The van der Waals surface area contributed by atoms with Gasteiger partial charge in [-0.2, -0.15) is 0 Å². The Kier molecular flexibility index (Phi) is 4.10. The van der Waals surface area contributed by atoms with Gasteiger partial charge in [0.1, 0.15) is 12.6 Å². The van der Waals surface area contributed by atoms with Gasteiger partial charge < -0.3 is 10.2 Å². The number of carbonyl (C=O) groups excluding carboxylic acids is 2. The van der Waals surface area contributed by atoms with Crippen molar-refractivity contribution in [3.05, 3.63) is 34.9 Å². The fourth-order valence-corrected chi connectivity index (χ4v) is 2.48. The van der Waals surface area contributed by atoms with Crippen LogP contribution in [0.3, 0.4) is 0 Å². The summed E-state index contributed by atoms with van der Waals surface area (Å²) in [7, 11) is 0. The van der Waals surface area contributed by atoms with Crippen LogP contribution in [0.4, 0.5) is 0 Å². The predicted octanol–water partition coefficient (Wildman–Crippen LogP) is 2.14. The maximum absolute atomic E-state index is 12.3. The van der Waals surface area contributed by atoms with E-state index >= 15 is 0 Å². The maximum atomic E-state index is 12.3. The first-order chi connectivity index (χ1) is 9.02. The number of amides is 2. The van der Waals surface area contributed by atoms with Crippen LogP contribution >= 0.6 is 11.6 Å². The fourth-order valence-electron chi connectivity index (χ4n) is 2.29. The SMILES string of the molecule is CCC1NC(=O)CN(C(C)c2cccc(Cl)c2)C1=O. The Labute approximate surface area is 117 Å². The summed E-state index contributed by atoms with van der Waals surface area (Å²) in [5.41, 5.74) is 0.936. The molecule has 2 unspecified atom stereocenters. The Morgan fingerprint density at radius 1 is 1.47 bits per heavy atom. The van der Waals surface area contributed by atoms with Gasteiger partial charge in [-0.15, -0.1) is 0 Å². The molecule has 0 saturated carbocycles. The molecule has 1 N–H and O–H groups in total. The van der Waals surface area contributed by atoms with Crippen molar-refractivity contribution in [3.8, 4) is 0 Å². The van der Waals surface area contributed by atoms with Gasteiger partial charge in [0.05, 0.1) is 6.04 Å². The number of benzene rings is 1. The Morgan fingerprint density at radius 2 is 2.21 bits per heavy atom. The van der Waals surface area contributed by atoms with Gasteiger partial charge in [0.25, 0.3) is 0 Å². The van der Waals surface area contributed by atoms with Crippen LogP contribution in [0, 0.1) is 0 Å². The van der Waals surface area contributed by atoms with E-state index in [2.05, 4.69) is 5.32 Å². The van der Waals surface area contributed by atoms with Crippen molar-refractivity contribution in [2.45, 2.75) is 32.4 Å². The van der Waals surface area contributed by atoms with Crippen LogP contribution in [0.5, 0.6) is 0 Å². The summed E-state index contributed by atoms with van der Waals surface area (Å²) in [6, 6.07) is 6.80. The number of nitrogens with zero attached hydrogens (tertiary/aromatic N) is 1. The molecular weight excluding hydrogens is 264 g/mol. The highest BCUT2D eigenvalue weighted by Gasteiger charge is 2.34. The van der Waals surface area contributed by atoms with Crippen molar-refractivity contribution in [2.75, 3.05) is 6.54 Å². The van der Waals surface area contributed by atoms with Crippen molar-refractivity contribution in [3.63, 3.8) is 0 Å². The molecule has 0 aliphatic carbocycles. The van der Waals surface area contributed by atoms with Gasteiger partial charge in [-0.3, -0.25) is 9.59 Å². The predicted molar refractivity (Wildman–Crippen MR) is 73.8 cm³/mol. The van der Waals surface area contributed by atoms with Crippen molar-refractivity contribution in [2.24, 2.45) is 0 Å². The van der Waals surface area contributed by atoms with Crippen molar-refractivity contribution in [1.29, 1.82) is 0 Å². The highest BCUT2D eigenvalue weighted by atomic mass is 35.5. The van der Waals surface area contributed by atoms with Gasteiger partial charge in [0, 0.05) is 5.02 Å². The molecule has 0 radical (unpaired) electrons. The van der Waals surface area contributed by atoms with Crippen molar-refractivity contribution < 1.29 is 9.59 Å². The van der Waals surface area contributed by atoms with Crippen molar-refractivity contribution >= 4 is 23.4 Å². The lowest BCUT2D eigenvalue weighted by atomic mass is 10.0. The van der Waals surface area contributed by atoms with E-state index in [9.17, 15) is 9.59 Å². The van der Waals surface area contributed by atoms with E-state index in [1.807, 2.05) is 32.0 Å². The van der Waals surface area contributed by atoms with E-state index in [0.717, 1.165) is 5.56 Å². The highest BCUT2D eigenvalue weighted by molar-refractivity contribution is 6.30. The third kappa shape index (κ3) is 2.89. The quantitative estimate of drug-likeness (QED) is 0.922. The lowest BCUT2D eigenvalue weighted by Crippen LogP contribution is -2.58. The Morgan fingerprint density at radius 3 is 2.84 bits per heavy atom. The maximum Gasteiger partial charge on any atom is 0.246 e. The third-order valence-electron chi connectivity index (χ3n) is 3.44. The molecule has 1 aromatic rings. The molecule has 2 rings (SSSR count). The normalized spacial score (nSPS) is 21.2. The number of hydrogen-bond acceptors (Lipinski definition) is 2. The molecule has 2 amide bonds. The van der Waals surface area contributed by atoms with Gasteiger partial charge in [0.2, 0.25) is 11.8 Å². The second-order valence-corrected chi connectivity index (χ2v) is 5.16. The summed E-state index contributed by atoms with van der Waals surface area (Å²) < 4.78 is 0. The molecule has 102 valence electrons. The van der Waals surface area contributed by atoms with Crippen LogP contribution in [-0.2, 0) is 9.59 Å². The lowest BCUT2D eigenvalue weighted by Gasteiger charge is -2.36. The highest BCUT2D eigenvalue weighted by Crippen LogP contribution is 2.25. The van der Waals surface area contributed by atoms with Gasteiger partial charge in [-0.1, -0.05) is 30.7 Å². The first kappa shape index (κ1) is 13.9. The van der Waals surface area contributed by atoms with Gasteiger partial charge >= 0.3 is 0 Å². The van der Waals surface area contributed by atoms with Gasteiger partial charge in [0.15, 0.2) is 0 Å². The van der Waals surface area contributed by atoms with Gasteiger partial charge in [-0.25, -0.2) is 0 Å². The topological polar surface area (TPSA) is 49.4 Å². The number of carbonyl (C=O) groups is 2. The molecule has 1 aliphatic heterocycles. The molecule has 2 atom stereocenters. The zero-order valence-corrected chi connectivity index (χ0v) is 11.8. The summed E-state index contributed by atoms with van der Waals surface area (Å²) in [6.07, 6.45) is 0.601. The molecule has 19 heavy (non-hydrogen) atoms. The average Bonchev–Trinajstić information content (AvgIpc) is 2.40. The summed E-state index contributed by atoms with van der Waals surface area (Å²) in [5, 5.41) is 3.34. The number of rotatable bonds is 3. The Balaban J connectivity index is 2.24. The number of hydrogen-bond donors (Lipinski definition) is 1. The molecule has 0 bridgehead atoms. The number of piperazine rings is 1. The first-order valence-electron chi connectivity index (χ1n) is 6.38. The standard InChI is InChI=1S/C14H17ClN2O2/c1-3-12-14(19)17(8-13(18)16-12)9(2)10-5-4-6-11(15)7-10/h4-7,9,12H,3,8H2,1-2H3,(H,16,18). The van der Waals surface area contributed by atoms with Crippen LogP contribution in [0.1, 0.15) is 31.9 Å². The van der Waals surface area contributed by atoms with Crippen LogP contribution < -0.4 is 5.32 Å². The molecular formula is C14H17ClN2O2. The zero-order valence-electron chi connectivity index (χ0n) is 11.0. The monoisotopic (exact) mass is 280 g/mol. The first-order valence-corrected chi connectivity index (χ1v) is 6.76. The van der Waals surface area contributed by atoms with E-state index in [1.165, 1.54) is 0 Å². The Hall–Kier alpha value is -1.55. The third-order valence-corrected chi connectivity index (χ3v) is 3.67. The molecule has 5 heteroatoms. The van der Waals surface area contributed by atoms with Gasteiger partial charge in [-0.05, 0) is 31.0 Å². The number of halogens is 1. The molecule has 1 fully saturated rings. The minimum Gasteiger partial charge on any atom is -0.343 e. The average molecular weight is 281 g/mol. The lowest BCUT2D eigenvalue weighted by molar-refractivity contribution is -0.146. The van der Waals surface area contributed by atoms with Crippen molar-refractivity contribution in [1.82, 2.24) is 10.2 Å². The zero-order chi connectivity index (χ0) is 14.0. The minimum absolute atomic E-state index is 0.0328. The van der Waals surface area contributed by atoms with Crippen LogP contribution in [0.25, 0.3) is 0 Å². The molecule has 1 aromatic carbocycles. The minimum atomic E-state index is -0.414. The van der Waals surface area contributed by atoms with Crippen LogP contribution in [-0.4, -0.2) is 29.3 Å². The molecule has 1 aliphatic rings. The van der Waals surface area contributed by atoms with E-state index in [1.54, 1.807) is 11.0 Å². The molecule has 0 spiro atoms. The second-order valence-electron chi connectivity index (χ2n) is 4.73. The summed E-state index contributed by atoms with van der Waals surface area (Å²) in [5.74, 6) is -0.144. The second kappa shape index (κ2) is 5.61. The van der Waals surface area contributed by atoms with Crippen LogP contribution in [0.2, 0.25) is 5.02 Å². The number of nitrogens with one attached hydrogen (secondary N) is 1. The summed E-state index contributed by atoms with van der Waals surface area (Å²) in [6.45, 7) is 3.90. The van der Waals surface area contributed by atoms with E-state index in [4.69, 9.17) is 11.6 Å². The largest absolute Gasteiger partial charge is 0.343 e. The fraction of sp³-hybridized carbons (Fsp3) is 0.429. The van der Waals surface area contributed by atoms with E-state index < -0.39 is 6.04 Å². The van der Waals surface area contributed by atoms with Crippen LogP contribution in [0.15, 0.2) is 24.3 Å². The smallest absolute Gasteiger partial charge is 0.246 e. The van der Waals surface area contributed by atoms with E-state index in [0.29, 0.717) is 11.4 Å². The Bertz CT molecular complexity index is 504. The summed E-state index contributed by atoms with van der Waals surface area (Å²) in [4.78, 5) is 25.5. The molecule has 0 aromatic heterocycles. The molecule has 1 saturated heterocycles. The van der Waals surface area contributed by atoms with E-state index in [-0.39, 0.29) is 24.4 Å². The molecule has 4 nitrogen and oxygen atoms in total.